The summed E-state index contributed by atoms with van der Waals surface area (Å²) in [5, 5.41) is 10.3. The fourth-order valence-electron chi connectivity index (χ4n) is 3.73. The largest absolute Gasteiger partial charge is 0.457 e. The second-order valence-electron chi connectivity index (χ2n) is 8.87. The van der Waals surface area contributed by atoms with E-state index in [1.807, 2.05) is 18.7 Å². The summed E-state index contributed by atoms with van der Waals surface area (Å²) in [5.74, 6) is -0.0299. The molecule has 224 valence electrons. The van der Waals surface area contributed by atoms with E-state index in [9.17, 15) is 22.8 Å². The van der Waals surface area contributed by atoms with Crippen LogP contribution in [0.3, 0.4) is 0 Å². The lowest BCUT2D eigenvalue weighted by atomic mass is 10.2. The zero-order valence-electron chi connectivity index (χ0n) is 24.1. The van der Waals surface area contributed by atoms with Gasteiger partial charge in [0.15, 0.2) is 0 Å². The zero-order valence-corrected chi connectivity index (χ0v) is 24.1. The van der Waals surface area contributed by atoms with Crippen molar-refractivity contribution in [3.05, 3.63) is 102 Å². The normalized spacial score (nSPS) is 13.3. The molecule has 0 bridgehead atoms. The molecule has 2 amide bonds. The average Bonchev–Trinajstić information content (AvgIpc) is 3.67. The first kappa shape index (κ1) is 33.5. The van der Waals surface area contributed by atoms with Crippen LogP contribution in [0.4, 0.5) is 18.9 Å². The highest BCUT2D eigenvalue weighted by atomic mass is 19.1. The van der Waals surface area contributed by atoms with Crippen molar-refractivity contribution < 1.29 is 27.5 Å². The van der Waals surface area contributed by atoms with Gasteiger partial charge in [-0.3, -0.25) is 9.59 Å². The summed E-state index contributed by atoms with van der Waals surface area (Å²) in [5.41, 5.74) is 1.16. The molecule has 0 spiro atoms. The number of benzene rings is 3. The number of nitrogens with zero attached hydrogens (tertiary/aromatic N) is 4. The van der Waals surface area contributed by atoms with Gasteiger partial charge < -0.3 is 15.0 Å². The maximum absolute atomic E-state index is 12.7. The van der Waals surface area contributed by atoms with Crippen LogP contribution in [0, 0.1) is 24.4 Å². The first-order valence-electron chi connectivity index (χ1n) is 13.5. The lowest BCUT2D eigenvalue weighted by Crippen LogP contribution is -2.36. The molecule has 1 unspecified atom stereocenters. The first-order valence-corrected chi connectivity index (χ1v) is 13.5. The Morgan fingerprint density at radius 2 is 1.52 bits per heavy atom. The second kappa shape index (κ2) is 17.9. The van der Waals surface area contributed by atoms with Gasteiger partial charge in [-0.05, 0) is 86.8 Å². The maximum atomic E-state index is 12.7. The molecule has 1 fully saturated rings. The summed E-state index contributed by atoms with van der Waals surface area (Å²) in [6.45, 7) is 8.81. The molecular formula is C31H36F3N5O3. The summed E-state index contributed by atoms with van der Waals surface area (Å²) >= 11 is 0. The summed E-state index contributed by atoms with van der Waals surface area (Å²) in [6, 6.07) is 16.5. The molecule has 1 aromatic heterocycles. The number of aromatic nitrogens is 3. The number of hydrogen-bond acceptors (Lipinski definition) is 5. The third-order valence-corrected chi connectivity index (χ3v) is 5.88. The van der Waals surface area contributed by atoms with Gasteiger partial charge >= 0.3 is 0 Å². The molecule has 0 saturated carbocycles. The third-order valence-electron chi connectivity index (χ3n) is 5.88. The van der Waals surface area contributed by atoms with Gasteiger partial charge in [0.2, 0.25) is 12.3 Å². The standard InChI is InChI=1S/C13H10FNO2.C9H14N4O.C7H6F2.C2H6/c14-10-1-5-12(6-2-10)17-13-7-3-11(4-8-13)15-9-16;1-8-3-2-6-12(8)9(14)7-13-10-4-5-11-13;1-5-2-3-6(8)4-7(5)9;1-2/h1-9H,(H,15,16);4-5,8H,2-3,6-7H2,1H3;2-4H,1H3;1-2H3. The van der Waals surface area contributed by atoms with Crippen molar-refractivity contribution in [2.45, 2.75) is 53.1 Å². The Morgan fingerprint density at radius 3 is 2.02 bits per heavy atom. The fourth-order valence-corrected chi connectivity index (χ4v) is 3.73. The van der Waals surface area contributed by atoms with Gasteiger partial charge in [0.25, 0.3) is 0 Å². The van der Waals surface area contributed by atoms with Crippen LogP contribution < -0.4 is 10.1 Å². The monoisotopic (exact) mass is 583 g/mol. The Kier molecular flexibility index (Phi) is 14.3. The zero-order chi connectivity index (χ0) is 30.9. The number of carbonyl (C=O) groups is 2. The summed E-state index contributed by atoms with van der Waals surface area (Å²) in [6.07, 6.45) is 5.99. The average molecular weight is 584 g/mol. The highest BCUT2D eigenvalue weighted by Gasteiger charge is 2.25. The van der Waals surface area contributed by atoms with Crippen molar-refractivity contribution >= 4 is 18.0 Å². The number of aryl methyl sites for hydroxylation is 1. The lowest BCUT2D eigenvalue weighted by Gasteiger charge is -2.20. The van der Waals surface area contributed by atoms with E-state index >= 15 is 0 Å². The van der Waals surface area contributed by atoms with Crippen molar-refractivity contribution in [2.24, 2.45) is 0 Å². The quantitative estimate of drug-likeness (QED) is 0.253. The summed E-state index contributed by atoms with van der Waals surface area (Å²) < 4.78 is 42.6. The van der Waals surface area contributed by atoms with E-state index in [4.69, 9.17) is 4.74 Å². The number of ether oxygens (including phenoxy) is 1. The number of anilines is 1. The van der Waals surface area contributed by atoms with Crippen molar-refractivity contribution in [1.29, 1.82) is 0 Å². The molecule has 11 heteroatoms. The summed E-state index contributed by atoms with van der Waals surface area (Å²) in [7, 11) is 0. The molecule has 5 rings (SSSR count). The van der Waals surface area contributed by atoms with Crippen molar-refractivity contribution in [2.75, 3.05) is 11.9 Å². The minimum absolute atomic E-state index is 0.117. The number of rotatable bonds is 6. The molecule has 0 radical (unpaired) electrons. The van der Waals surface area contributed by atoms with Gasteiger partial charge in [0, 0.05) is 24.3 Å². The maximum Gasteiger partial charge on any atom is 0.246 e. The van der Waals surface area contributed by atoms with Crippen LogP contribution in [0.1, 0.15) is 39.2 Å². The third kappa shape index (κ3) is 11.4. The second-order valence-corrected chi connectivity index (χ2v) is 8.87. The fraction of sp³-hybridized carbons (Fsp3) is 0.290. The van der Waals surface area contributed by atoms with E-state index < -0.39 is 11.6 Å². The van der Waals surface area contributed by atoms with Gasteiger partial charge in [0.1, 0.15) is 35.5 Å². The van der Waals surface area contributed by atoms with Gasteiger partial charge in [-0.2, -0.15) is 15.0 Å². The van der Waals surface area contributed by atoms with E-state index in [2.05, 4.69) is 22.4 Å². The molecular weight excluding hydrogens is 547 g/mol. The van der Waals surface area contributed by atoms with Crippen molar-refractivity contribution in [3.63, 3.8) is 0 Å². The van der Waals surface area contributed by atoms with Crippen LogP contribution in [0.2, 0.25) is 0 Å². The predicted octanol–water partition coefficient (Wildman–Crippen LogP) is 6.77. The Bertz CT molecular complexity index is 1350. The van der Waals surface area contributed by atoms with Gasteiger partial charge in [-0.1, -0.05) is 19.9 Å². The van der Waals surface area contributed by atoms with E-state index in [0.717, 1.165) is 25.5 Å². The Balaban J connectivity index is 0.000000223. The Labute approximate surface area is 244 Å². The van der Waals surface area contributed by atoms with Crippen molar-refractivity contribution in [1.82, 2.24) is 19.9 Å². The lowest BCUT2D eigenvalue weighted by molar-refractivity contribution is -0.132. The molecule has 4 aromatic rings. The molecule has 42 heavy (non-hydrogen) atoms. The highest BCUT2D eigenvalue weighted by molar-refractivity contribution is 5.76. The van der Waals surface area contributed by atoms with Crippen LogP contribution in [0.15, 0.2) is 79.1 Å². The van der Waals surface area contributed by atoms with Crippen LogP contribution in [0.25, 0.3) is 0 Å². The number of likely N-dealkylation sites (tertiary alicyclic amines) is 1. The van der Waals surface area contributed by atoms with Crippen LogP contribution in [0.5, 0.6) is 11.5 Å². The predicted molar refractivity (Wildman–Crippen MR) is 155 cm³/mol. The Morgan fingerprint density at radius 1 is 0.952 bits per heavy atom. The molecule has 1 N–H and O–H groups in total. The molecule has 3 aromatic carbocycles. The number of amides is 2. The number of nitrogens with one attached hydrogen (secondary N) is 1. The van der Waals surface area contributed by atoms with E-state index in [0.29, 0.717) is 35.2 Å². The molecule has 1 atom stereocenters. The van der Waals surface area contributed by atoms with Crippen LogP contribution in [-0.4, -0.2) is 44.8 Å². The SMILES string of the molecule is CC.CC1CCCN1C(=O)Cn1nccn1.Cc1ccc(F)cc1F.O=CNc1ccc(Oc2ccc(F)cc2)cc1. The molecule has 2 heterocycles. The van der Waals surface area contributed by atoms with Crippen LogP contribution >= 0.6 is 0 Å². The molecule has 8 nitrogen and oxygen atoms in total. The summed E-state index contributed by atoms with van der Waals surface area (Å²) in [4.78, 5) is 25.3. The van der Waals surface area contributed by atoms with E-state index in [-0.39, 0.29) is 18.3 Å². The van der Waals surface area contributed by atoms with Gasteiger partial charge in [-0.15, -0.1) is 0 Å². The minimum atomic E-state index is -0.530. The van der Waals surface area contributed by atoms with Gasteiger partial charge in [0.05, 0.1) is 12.4 Å². The van der Waals surface area contributed by atoms with Gasteiger partial charge in [-0.25, -0.2) is 13.2 Å². The number of carbonyl (C=O) groups excluding carboxylic acids is 2. The van der Waals surface area contributed by atoms with E-state index in [1.165, 1.54) is 29.1 Å². The van der Waals surface area contributed by atoms with Crippen molar-refractivity contribution in [3.8, 4) is 11.5 Å². The first-order chi connectivity index (χ1) is 20.2. The highest BCUT2D eigenvalue weighted by Crippen LogP contribution is 2.23. The molecule has 0 aliphatic carbocycles. The number of hydrogen-bond donors (Lipinski definition) is 1. The van der Waals surface area contributed by atoms with E-state index in [1.54, 1.807) is 55.7 Å². The van der Waals surface area contributed by atoms with Crippen LogP contribution in [-0.2, 0) is 16.1 Å². The minimum Gasteiger partial charge on any atom is -0.457 e. The smallest absolute Gasteiger partial charge is 0.246 e. The Hall–Kier alpha value is -4.67. The molecule has 1 saturated heterocycles. The molecule has 1 aliphatic heterocycles. The number of halogens is 3. The molecule has 1 aliphatic rings. The topological polar surface area (TPSA) is 89.4 Å².